The van der Waals surface area contributed by atoms with Crippen molar-refractivity contribution in [1.82, 2.24) is 0 Å². The Labute approximate surface area is 174 Å². The normalized spacial score (nSPS) is 24.4. The Balaban J connectivity index is 1.65. The Kier molecular flexibility index (Phi) is 5.56. The lowest BCUT2D eigenvalue weighted by atomic mass is 10.0. The second-order valence-electron chi connectivity index (χ2n) is 7.16. The van der Waals surface area contributed by atoms with Gasteiger partial charge in [-0.1, -0.05) is 12.1 Å². The van der Waals surface area contributed by atoms with Crippen LogP contribution in [0, 0.1) is 0 Å². The zero-order chi connectivity index (χ0) is 22.3. The van der Waals surface area contributed by atoms with Gasteiger partial charge in [-0.25, -0.2) is 0 Å². The summed E-state index contributed by atoms with van der Waals surface area (Å²) in [5, 5.41) is 58.5. The average Bonchev–Trinajstić information content (AvgIpc) is 3.02. The van der Waals surface area contributed by atoms with E-state index in [1.165, 1.54) is 36.6 Å². The van der Waals surface area contributed by atoms with Crippen LogP contribution in [0.4, 0.5) is 0 Å². The monoisotopic (exact) mass is 432 g/mol. The summed E-state index contributed by atoms with van der Waals surface area (Å²) in [6, 6.07) is 8.32. The van der Waals surface area contributed by atoms with E-state index < -0.39 is 48.5 Å². The highest BCUT2D eigenvalue weighted by atomic mass is 16.7. The third-order valence-electron chi connectivity index (χ3n) is 5.08. The zero-order valence-corrected chi connectivity index (χ0v) is 16.0. The van der Waals surface area contributed by atoms with Gasteiger partial charge in [0, 0.05) is 12.1 Å². The minimum atomic E-state index is -1.53. The van der Waals surface area contributed by atoms with Crippen molar-refractivity contribution < 1.29 is 44.5 Å². The lowest BCUT2D eigenvalue weighted by Crippen LogP contribution is -2.40. The van der Waals surface area contributed by atoms with Crippen molar-refractivity contribution in [2.75, 3.05) is 6.61 Å². The first-order valence-electron chi connectivity index (χ1n) is 9.35. The van der Waals surface area contributed by atoms with Crippen molar-refractivity contribution in [3.8, 4) is 28.4 Å². The molecule has 1 fully saturated rings. The number of phenolic OH excluding ortho intramolecular Hbond substituents is 2. The molecule has 1 aliphatic rings. The smallest absolute Gasteiger partial charge is 0.229 e. The van der Waals surface area contributed by atoms with E-state index >= 15 is 0 Å². The Morgan fingerprint density at radius 1 is 1.06 bits per heavy atom. The van der Waals surface area contributed by atoms with Gasteiger partial charge >= 0.3 is 0 Å². The predicted octanol–water partition coefficient (Wildman–Crippen LogP) is 0.0499. The van der Waals surface area contributed by atoms with Gasteiger partial charge in [0.1, 0.15) is 58.9 Å². The van der Waals surface area contributed by atoms with Gasteiger partial charge in [0.25, 0.3) is 0 Å². The van der Waals surface area contributed by atoms with Gasteiger partial charge in [-0.3, -0.25) is 4.79 Å². The van der Waals surface area contributed by atoms with Gasteiger partial charge in [0.2, 0.25) is 11.7 Å². The van der Waals surface area contributed by atoms with Crippen LogP contribution >= 0.6 is 0 Å². The number of benzene rings is 2. The minimum absolute atomic E-state index is 0.00232. The fourth-order valence-electron chi connectivity index (χ4n) is 3.44. The van der Waals surface area contributed by atoms with E-state index in [4.69, 9.17) is 19.0 Å². The highest BCUT2D eigenvalue weighted by Gasteiger charge is 2.47. The number of hydrogen-bond donors (Lipinski definition) is 6. The summed E-state index contributed by atoms with van der Waals surface area (Å²) in [5.41, 5.74) is 0.158. The Morgan fingerprint density at radius 2 is 1.77 bits per heavy atom. The first-order valence-corrected chi connectivity index (χ1v) is 9.35. The summed E-state index contributed by atoms with van der Waals surface area (Å²) in [4.78, 5) is 12.9. The second-order valence-corrected chi connectivity index (χ2v) is 7.16. The van der Waals surface area contributed by atoms with Crippen LogP contribution < -0.4 is 10.2 Å². The number of hydrogen-bond acceptors (Lipinski definition) is 10. The molecule has 0 spiro atoms. The third-order valence-corrected chi connectivity index (χ3v) is 5.08. The summed E-state index contributed by atoms with van der Waals surface area (Å²) in [5.74, 6) is -0.434. The minimum Gasteiger partial charge on any atom is -0.508 e. The van der Waals surface area contributed by atoms with Crippen LogP contribution in [0.2, 0.25) is 0 Å². The number of fused-ring (bicyclic) bond motifs is 1. The van der Waals surface area contributed by atoms with Gasteiger partial charge in [0.05, 0.1) is 12.2 Å². The van der Waals surface area contributed by atoms with Crippen LogP contribution in [-0.4, -0.2) is 68.0 Å². The molecule has 0 radical (unpaired) electrons. The summed E-state index contributed by atoms with van der Waals surface area (Å²) < 4.78 is 16.2. The Hall–Kier alpha value is -3.15. The molecule has 0 aliphatic carbocycles. The number of aliphatic hydroxyl groups is 4. The molecule has 164 valence electrons. The molecule has 5 unspecified atom stereocenters. The highest BCUT2D eigenvalue weighted by molar-refractivity contribution is 5.88. The van der Waals surface area contributed by atoms with Crippen LogP contribution in [0.1, 0.15) is 0 Å². The lowest BCUT2D eigenvalue weighted by molar-refractivity contribution is -0.137. The van der Waals surface area contributed by atoms with E-state index in [2.05, 4.69) is 0 Å². The molecule has 5 atom stereocenters. The number of ether oxygens (including phenoxy) is 2. The second kappa shape index (κ2) is 8.17. The summed E-state index contributed by atoms with van der Waals surface area (Å²) in [7, 11) is 0. The van der Waals surface area contributed by atoms with Crippen LogP contribution in [0.15, 0.2) is 51.9 Å². The van der Waals surface area contributed by atoms with Gasteiger partial charge in [-0.15, -0.1) is 0 Å². The highest BCUT2D eigenvalue weighted by Crippen LogP contribution is 2.33. The molecule has 0 saturated carbocycles. The molecule has 2 heterocycles. The number of aromatic hydroxyl groups is 2. The maximum absolute atomic E-state index is 12.9. The summed E-state index contributed by atoms with van der Waals surface area (Å²) >= 11 is 0. The SMILES string of the molecule is O=c1c(-c2ccc(O)cc2)coc2cc(OC3OC(C(O)CO)C(O)C3O)cc(O)c12. The first-order chi connectivity index (χ1) is 14.8. The topological polar surface area (TPSA) is 170 Å². The maximum Gasteiger partial charge on any atom is 0.229 e. The quantitative estimate of drug-likeness (QED) is 0.324. The summed E-state index contributed by atoms with van der Waals surface area (Å²) in [6.07, 6.45) is -5.94. The van der Waals surface area contributed by atoms with Gasteiger partial charge in [-0.2, -0.15) is 0 Å². The zero-order valence-electron chi connectivity index (χ0n) is 16.0. The van der Waals surface area contributed by atoms with E-state index in [0.29, 0.717) is 5.56 Å². The van der Waals surface area contributed by atoms with Gasteiger partial charge in [0.15, 0.2) is 0 Å². The standard InChI is InChI=1S/C21H20O10/c22-7-14(25)20-18(27)19(28)21(31-20)30-11-5-13(24)16-15(6-11)29-8-12(17(16)26)9-1-3-10(23)4-2-9/h1-6,8,14,18-25,27-28H,7H2. The molecule has 31 heavy (non-hydrogen) atoms. The largest absolute Gasteiger partial charge is 0.508 e. The number of rotatable bonds is 5. The number of phenols is 2. The molecule has 1 aliphatic heterocycles. The first kappa shape index (κ1) is 21.1. The van der Waals surface area contributed by atoms with Gasteiger partial charge < -0.3 is 44.5 Å². The van der Waals surface area contributed by atoms with Crippen LogP contribution in [0.3, 0.4) is 0 Å². The van der Waals surface area contributed by atoms with Crippen molar-refractivity contribution in [3.63, 3.8) is 0 Å². The molecule has 0 amide bonds. The van der Waals surface area contributed by atoms with Crippen molar-refractivity contribution in [2.24, 2.45) is 0 Å². The molecular weight excluding hydrogens is 412 g/mol. The van der Waals surface area contributed by atoms with Crippen LogP contribution in [0.5, 0.6) is 17.2 Å². The fraction of sp³-hybridized carbons (Fsp3) is 0.286. The average molecular weight is 432 g/mol. The molecule has 4 rings (SSSR count). The molecular formula is C21H20O10. The summed E-state index contributed by atoms with van der Waals surface area (Å²) in [6.45, 7) is -0.688. The van der Waals surface area contributed by atoms with Gasteiger partial charge in [-0.05, 0) is 17.7 Å². The van der Waals surface area contributed by atoms with Crippen molar-refractivity contribution >= 4 is 11.0 Å². The maximum atomic E-state index is 12.9. The van der Waals surface area contributed by atoms with E-state index in [1.54, 1.807) is 0 Å². The molecule has 1 saturated heterocycles. The Morgan fingerprint density at radius 3 is 2.45 bits per heavy atom. The molecule has 3 aromatic rings. The Bertz CT molecular complexity index is 1140. The third kappa shape index (κ3) is 3.82. The number of aliphatic hydroxyl groups excluding tert-OH is 4. The van der Waals surface area contributed by atoms with Crippen molar-refractivity contribution in [2.45, 2.75) is 30.7 Å². The molecule has 1 aromatic heterocycles. The predicted molar refractivity (Wildman–Crippen MR) is 106 cm³/mol. The van der Waals surface area contributed by atoms with Crippen LogP contribution in [0.25, 0.3) is 22.1 Å². The molecule has 2 aromatic carbocycles. The van der Waals surface area contributed by atoms with E-state index in [-0.39, 0.29) is 28.0 Å². The molecule has 10 nitrogen and oxygen atoms in total. The fourth-order valence-corrected chi connectivity index (χ4v) is 3.44. The molecule has 0 bridgehead atoms. The van der Waals surface area contributed by atoms with E-state index in [9.17, 15) is 30.3 Å². The lowest BCUT2D eigenvalue weighted by Gasteiger charge is -2.19. The van der Waals surface area contributed by atoms with E-state index in [1.807, 2.05) is 0 Å². The molecule has 10 heteroatoms. The van der Waals surface area contributed by atoms with E-state index in [0.717, 1.165) is 6.07 Å². The van der Waals surface area contributed by atoms with Crippen molar-refractivity contribution in [1.29, 1.82) is 0 Å². The van der Waals surface area contributed by atoms with Crippen LogP contribution in [-0.2, 0) is 4.74 Å². The molecule has 6 N–H and O–H groups in total. The van der Waals surface area contributed by atoms with Crippen molar-refractivity contribution in [3.05, 3.63) is 52.9 Å².